The Bertz CT molecular complexity index is 697. The second kappa shape index (κ2) is 10.2. The fourth-order valence-corrected chi connectivity index (χ4v) is 2.24. The summed E-state index contributed by atoms with van der Waals surface area (Å²) < 4.78 is 5.51. The molecule has 0 radical (unpaired) electrons. The van der Waals surface area contributed by atoms with E-state index in [1.165, 1.54) is 0 Å². The Balaban J connectivity index is 1.70. The Morgan fingerprint density at radius 1 is 0.962 bits per heavy atom. The molecule has 2 N–H and O–H groups in total. The molecule has 0 fully saturated rings. The third kappa shape index (κ3) is 6.97. The largest absolute Gasteiger partial charge is 0.493 e. The molecule has 0 atom stereocenters. The van der Waals surface area contributed by atoms with Gasteiger partial charge in [-0.2, -0.15) is 0 Å². The predicted molar refractivity (Wildman–Crippen MR) is 102 cm³/mol. The Hall–Kier alpha value is -2.82. The molecule has 5 heteroatoms. The summed E-state index contributed by atoms with van der Waals surface area (Å²) in [6.45, 7) is 5.53. The molecular weight excluding hydrogens is 328 g/mol. The first kappa shape index (κ1) is 19.5. The first-order valence-corrected chi connectivity index (χ1v) is 8.86. The number of carbonyl (C=O) groups is 2. The van der Waals surface area contributed by atoms with Crippen molar-refractivity contribution in [2.24, 2.45) is 5.92 Å². The summed E-state index contributed by atoms with van der Waals surface area (Å²) in [7, 11) is 0. The summed E-state index contributed by atoms with van der Waals surface area (Å²) in [5, 5.41) is 5.74. The Morgan fingerprint density at radius 3 is 2.31 bits per heavy atom. The normalized spacial score (nSPS) is 10.4. The van der Waals surface area contributed by atoms with Crippen molar-refractivity contribution >= 4 is 11.8 Å². The molecule has 0 bridgehead atoms. The zero-order valence-electron chi connectivity index (χ0n) is 15.3. The number of hydrogen-bond acceptors (Lipinski definition) is 3. The SMILES string of the molecule is CC(C)CNC(=O)c1ccc(CNC(=O)CCOc2ccccc2)cc1. The number of carbonyl (C=O) groups excluding carboxylic acids is 2. The van der Waals surface area contributed by atoms with Gasteiger partial charge in [0.05, 0.1) is 13.0 Å². The van der Waals surface area contributed by atoms with E-state index in [1.807, 2.05) is 42.5 Å². The van der Waals surface area contributed by atoms with Crippen molar-refractivity contribution in [3.05, 3.63) is 65.7 Å². The first-order valence-electron chi connectivity index (χ1n) is 8.86. The highest BCUT2D eigenvalue weighted by atomic mass is 16.5. The van der Waals surface area contributed by atoms with Gasteiger partial charge >= 0.3 is 0 Å². The lowest BCUT2D eigenvalue weighted by Crippen LogP contribution is -2.27. The minimum atomic E-state index is -0.0765. The van der Waals surface area contributed by atoms with Gasteiger partial charge < -0.3 is 15.4 Å². The number of rotatable bonds is 9. The van der Waals surface area contributed by atoms with Crippen LogP contribution in [-0.2, 0) is 11.3 Å². The molecular formula is C21H26N2O3. The van der Waals surface area contributed by atoms with E-state index in [0.29, 0.717) is 37.6 Å². The van der Waals surface area contributed by atoms with Gasteiger partial charge in [0, 0.05) is 18.7 Å². The zero-order valence-corrected chi connectivity index (χ0v) is 15.3. The van der Waals surface area contributed by atoms with Crippen LogP contribution in [0.3, 0.4) is 0 Å². The molecule has 0 aliphatic carbocycles. The van der Waals surface area contributed by atoms with E-state index in [1.54, 1.807) is 12.1 Å². The lowest BCUT2D eigenvalue weighted by molar-refractivity contribution is -0.121. The van der Waals surface area contributed by atoms with Crippen LogP contribution in [0.1, 0.15) is 36.2 Å². The average Bonchev–Trinajstić information content (AvgIpc) is 2.65. The van der Waals surface area contributed by atoms with Crippen molar-refractivity contribution in [3.63, 3.8) is 0 Å². The topological polar surface area (TPSA) is 67.4 Å². The second-order valence-electron chi connectivity index (χ2n) is 6.49. The number of para-hydroxylation sites is 1. The maximum Gasteiger partial charge on any atom is 0.251 e. The molecule has 2 aromatic rings. The summed E-state index contributed by atoms with van der Waals surface area (Å²) >= 11 is 0. The van der Waals surface area contributed by atoms with Gasteiger partial charge in [-0.25, -0.2) is 0 Å². The number of ether oxygens (including phenoxy) is 1. The zero-order chi connectivity index (χ0) is 18.8. The van der Waals surface area contributed by atoms with E-state index in [2.05, 4.69) is 24.5 Å². The highest BCUT2D eigenvalue weighted by Crippen LogP contribution is 2.08. The van der Waals surface area contributed by atoms with Gasteiger partial charge in [-0.05, 0) is 35.7 Å². The number of amides is 2. The van der Waals surface area contributed by atoms with Crippen LogP contribution in [0, 0.1) is 5.92 Å². The van der Waals surface area contributed by atoms with Gasteiger partial charge in [0.2, 0.25) is 5.91 Å². The lowest BCUT2D eigenvalue weighted by atomic mass is 10.1. The van der Waals surface area contributed by atoms with Crippen molar-refractivity contribution in [2.45, 2.75) is 26.8 Å². The van der Waals surface area contributed by atoms with Crippen molar-refractivity contribution in [1.82, 2.24) is 10.6 Å². The summed E-state index contributed by atoms with van der Waals surface area (Å²) in [5.41, 5.74) is 1.57. The molecule has 5 nitrogen and oxygen atoms in total. The molecule has 0 heterocycles. The van der Waals surface area contributed by atoms with Gasteiger partial charge in [-0.15, -0.1) is 0 Å². The summed E-state index contributed by atoms with van der Waals surface area (Å²) in [6.07, 6.45) is 0.296. The molecule has 0 aliphatic rings. The van der Waals surface area contributed by atoms with Crippen LogP contribution in [0.5, 0.6) is 5.75 Å². The van der Waals surface area contributed by atoms with E-state index in [4.69, 9.17) is 4.74 Å². The van der Waals surface area contributed by atoms with Gasteiger partial charge in [0.15, 0.2) is 0 Å². The monoisotopic (exact) mass is 354 g/mol. The van der Waals surface area contributed by atoms with Crippen LogP contribution in [0.15, 0.2) is 54.6 Å². The van der Waals surface area contributed by atoms with E-state index in [-0.39, 0.29) is 11.8 Å². The van der Waals surface area contributed by atoms with Gasteiger partial charge in [-0.1, -0.05) is 44.2 Å². The maximum absolute atomic E-state index is 12.0. The van der Waals surface area contributed by atoms with Crippen LogP contribution in [0.2, 0.25) is 0 Å². The molecule has 0 saturated heterocycles. The first-order chi connectivity index (χ1) is 12.5. The number of nitrogens with one attached hydrogen (secondary N) is 2. The van der Waals surface area contributed by atoms with Crippen LogP contribution in [0.4, 0.5) is 0 Å². The molecule has 0 aromatic heterocycles. The van der Waals surface area contributed by atoms with Crippen LogP contribution in [-0.4, -0.2) is 25.0 Å². The lowest BCUT2D eigenvalue weighted by Gasteiger charge is -2.09. The summed E-state index contributed by atoms with van der Waals surface area (Å²) in [4.78, 5) is 23.8. The molecule has 0 aliphatic heterocycles. The smallest absolute Gasteiger partial charge is 0.251 e. The standard InChI is InChI=1S/C21H26N2O3/c1-16(2)14-23-21(25)18-10-8-17(9-11-18)15-22-20(24)12-13-26-19-6-4-3-5-7-19/h3-11,16H,12-15H2,1-2H3,(H,22,24)(H,23,25). The van der Waals surface area contributed by atoms with E-state index in [0.717, 1.165) is 11.3 Å². The summed E-state index contributed by atoms with van der Waals surface area (Å²) in [5.74, 6) is 1.03. The quantitative estimate of drug-likeness (QED) is 0.727. The molecule has 0 saturated carbocycles. The maximum atomic E-state index is 12.0. The van der Waals surface area contributed by atoms with E-state index >= 15 is 0 Å². The van der Waals surface area contributed by atoms with Gasteiger partial charge in [0.1, 0.15) is 5.75 Å². The molecule has 26 heavy (non-hydrogen) atoms. The van der Waals surface area contributed by atoms with Crippen molar-refractivity contribution in [3.8, 4) is 5.75 Å². The minimum Gasteiger partial charge on any atom is -0.493 e. The second-order valence-corrected chi connectivity index (χ2v) is 6.49. The van der Waals surface area contributed by atoms with E-state index in [9.17, 15) is 9.59 Å². The third-order valence-electron chi connectivity index (χ3n) is 3.72. The van der Waals surface area contributed by atoms with Crippen molar-refractivity contribution < 1.29 is 14.3 Å². The molecule has 0 spiro atoms. The van der Waals surface area contributed by atoms with Crippen molar-refractivity contribution in [1.29, 1.82) is 0 Å². The molecule has 2 amide bonds. The molecule has 138 valence electrons. The Kier molecular flexibility index (Phi) is 7.68. The van der Waals surface area contributed by atoms with Crippen LogP contribution >= 0.6 is 0 Å². The molecule has 2 aromatic carbocycles. The summed E-state index contributed by atoms with van der Waals surface area (Å²) in [6, 6.07) is 16.7. The number of hydrogen-bond donors (Lipinski definition) is 2. The van der Waals surface area contributed by atoms with Crippen LogP contribution < -0.4 is 15.4 Å². The fourth-order valence-electron chi connectivity index (χ4n) is 2.24. The van der Waals surface area contributed by atoms with Crippen LogP contribution in [0.25, 0.3) is 0 Å². The predicted octanol–water partition coefficient (Wildman–Crippen LogP) is 3.16. The highest BCUT2D eigenvalue weighted by Gasteiger charge is 2.06. The third-order valence-corrected chi connectivity index (χ3v) is 3.72. The Labute approximate surface area is 154 Å². The van der Waals surface area contributed by atoms with E-state index < -0.39 is 0 Å². The fraction of sp³-hybridized carbons (Fsp3) is 0.333. The molecule has 0 unspecified atom stereocenters. The molecule has 2 rings (SSSR count). The highest BCUT2D eigenvalue weighted by molar-refractivity contribution is 5.94. The average molecular weight is 354 g/mol. The minimum absolute atomic E-state index is 0.0697. The Morgan fingerprint density at radius 2 is 1.65 bits per heavy atom. The van der Waals surface area contributed by atoms with Gasteiger partial charge in [0.25, 0.3) is 5.91 Å². The number of benzene rings is 2. The van der Waals surface area contributed by atoms with Crippen molar-refractivity contribution in [2.75, 3.05) is 13.2 Å². The van der Waals surface area contributed by atoms with Gasteiger partial charge in [-0.3, -0.25) is 9.59 Å².